The van der Waals surface area contributed by atoms with Crippen molar-refractivity contribution in [3.8, 4) is 0 Å². The lowest BCUT2D eigenvalue weighted by atomic mass is 9.84. The predicted octanol–water partition coefficient (Wildman–Crippen LogP) is 4.51. The molecule has 0 fully saturated rings. The third-order valence-electron chi connectivity index (χ3n) is 4.53. The first kappa shape index (κ1) is 19.7. The number of hydrogen-bond donors (Lipinski definition) is 2. The molecule has 0 atom stereocenters. The van der Waals surface area contributed by atoms with Gasteiger partial charge in [-0.1, -0.05) is 53.7 Å². The fourth-order valence-electron chi connectivity index (χ4n) is 2.70. The Morgan fingerprint density at radius 3 is 1.62 bits per heavy atom. The standard InChI is InChI=1S/C22H28N2O2/c1-21(2,3)13-8-10-17(23)16(11-13)20(26)19(25)15-9-7-14(12-18(15)24)22(4,5)6/h7-12H,23-24H2,1-6H3. The van der Waals surface area contributed by atoms with Crippen molar-refractivity contribution >= 4 is 22.9 Å². The average molecular weight is 352 g/mol. The highest BCUT2D eigenvalue weighted by molar-refractivity contribution is 6.50. The van der Waals surface area contributed by atoms with Crippen LogP contribution < -0.4 is 11.5 Å². The zero-order chi connectivity index (χ0) is 19.9. The van der Waals surface area contributed by atoms with Crippen LogP contribution in [0.4, 0.5) is 11.4 Å². The van der Waals surface area contributed by atoms with Crippen LogP contribution in [0.2, 0.25) is 0 Å². The minimum Gasteiger partial charge on any atom is -0.398 e. The zero-order valence-electron chi connectivity index (χ0n) is 16.4. The highest BCUT2D eigenvalue weighted by Crippen LogP contribution is 2.29. The van der Waals surface area contributed by atoms with Crippen LogP contribution in [0.1, 0.15) is 73.4 Å². The summed E-state index contributed by atoms with van der Waals surface area (Å²) in [6.07, 6.45) is 0. The molecule has 0 heterocycles. The summed E-state index contributed by atoms with van der Waals surface area (Å²) in [5, 5.41) is 0. The lowest BCUT2D eigenvalue weighted by Gasteiger charge is -2.21. The first-order valence-electron chi connectivity index (χ1n) is 8.71. The normalized spacial score (nSPS) is 12.1. The van der Waals surface area contributed by atoms with Gasteiger partial charge in [0, 0.05) is 22.5 Å². The van der Waals surface area contributed by atoms with Crippen molar-refractivity contribution in [3.63, 3.8) is 0 Å². The van der Waals surface area contributed by atoms with E-state index in [0.717, 1.165) is 11.1 Å². The summed E-state index contributed by atoms with van der Waals surface area (Å²) >= 11 is 0. The second kappa shape index (κ2) is 6.60. The number of nitrogens with two attached hydrogens (primary N) is 2. The number of Topliss-reactive ketones (excluding diaryl/α,β-unsaturated/α-hetero) is 2. The molecule has 0 saturated carbocycles. The maximum atomic E-state index is 12.8. The van der Waals surface area contributed by atoms with E-state index in [1.807, 2.05) is 32.9 Å². The molecule has 138 valence electrons. The molecule has 0 unspecified atom stereocenters. The second-order valence-corrected chi connectivity index (χ2v) is 8.76. The number of rotatable bonds is 3. The Hall–Kier alpha value is -2.62. The van der Waals surface area contributed by atoms with Gasteiger partial charge >= 0.3 is 0 Å². The summed E-state index contributed by atoms with van der Waals surface area (Å²) in [6, 6.07) is 10.5. The first-order chi connectivity index (χ1) is 11.8. The molecule has 2 aromatic carbocycles. The van der Waals surface area contributed by atoms with Gasteiger partial charge in [-0.05, 0) is 46.2 Å². The largest absolute Gasteiger partial charge is 0.398 e. The minimum absolute atomic E-state index is 0.0921. The van der Waals surface area contributed by atoms with Gasteiger partial charge in [-0.2, -0.15) is 0 Å². The van der Waals surface area contributed by atoms with Gasteiger partial charge in [-0.25, -0.2) is 0 Å². The number of ketones is 2. The van der Waals surface area contributed by atoms with E-state index < -0.39 is 11.6 Å². The zero-order valence-corrected chi connectivity index (χ0v) is 16.4. The van der Waals surface area contributed by atoms with Crippen LogP contribution >= 0.6 is 0 Å². The molecule has 2 rings (SSSR count). The summed E-state index contributed by atoms with van der Waals surface area (Å²) in [7, 11) is 0. The van der Waals surface area contributed by atoms with Gasteiger partial charge < -0.3 is 11.5 Å². The molecule has 0 aromatic heterocycles. The van der Waals surface area contributed by atoms with E-state index in [2.05, 4.69) is 20.8 Å². The van der Waals surface area contributed by atoms with Crippen LogP contribution in [0, 0.1) is 0 Å². The summed E-state index contributed by atoms with van der Waals surface area (Å²) < 4.78 is 0. The van der Waals surface area contributed by atoms with Gasteiger partial charge in [0.2, 0.25) is 11.6 Å². The molecule has 26 heavy (non-hydrogen) atoms. The van der Waals surface area contributed by atoms with Gasteiger partial charge in [0.25, 0.3) is 0 Å². The molecule has 4 heteroatoms. The lowest BCUT2D eigenvalue weighted by molar-refractivity contribution is 0.0818. The van der Waals surface area contributed by atoms with Crippen LogP contribution in [-0.2, 0) is 10.8 Å². The van der Waals surface area contributed by atoms with Crippen LogP contribution in [0.5, 0.6) is 0 Å². The smallest absolute Gasteiger partial charge is 0.235 e. The first-order valence-corrected chi connectivity index (χ1v) is 8.71. The molecule has 0 saturated heterocycles. The summed E-state index contributed by atoms with van der Waals surface area (Å²) in [4.78, 5) is 25.5. The van der Waals surface area contributed by atoms with Gasteiger partial charge in [0.1, 0.15) is 0 Å². The van der Waals surface area contributed by atoms with E-state index >= 15 is 0 Å². The van der Waals surface area contributed by atoms with Crippen molar-refractivity contribution in [2.45, 2.75) is 52.4 Å². The van der Waals surface area contributed by atoms with Crippen LogP contribution in [0.3, 0.4) is 0 Å². The molecule has 0 amide bonds. The van der Waals surface area contributed by atoms with Crippen molar-refractivity contribution in [1.82, 2.24) is 0 Å². The van der Waals surface area contributed by atoms with E-state index in [0.29, 0.717) is 11.4 Å². The van der Waals surface area contributed by atoms with Gasteiger partial charge in [-0.15, -0.1) is 0 Å². The molecular formula is C22H28N2O2. The monoisotopic (exact) mass is 352 g/mol. The predicted molar refractivity (Wildman–Crippen MR) is 108 cm³/mol. The van der Waals surface area contributed by atoms with Crippen molar-refractivity contribution < 1.29 is 9.59 Å². The van der Waals surface area contributed by atoms with Gasteiger partial charge in [0.05, 0.1) is 0 Å². The Bertz CT molecular complexity index is 869. The molecule has 0 aliphatic carbocycles. The SMILES string of the molecule is CC(C)(C)c1ccc(C(=O)C(=O)c2cc(C(C)(C)C)ccc2N)c(N)c1. The molecule has 4 N–H and O–H groups in total. The van der Waals surface area contributed by atoms with Crippen LogP contribution in [0.25, 0.3) is 0 Å². The molecule has 0 radical (unpaired) electrons. The van der Waals surface area contributed by atoms with E-state index in [4.69, 9.17) is 11.5 Å². The quantitative estimate of drug-likeness (QED) is 0.483. The van der Waals surface area contributed by atoms with E-state index in [9.17, 15) is 9.59 Å². The maximum Gasteiger partial charge on any atom is 0.235 e. The molecule has 0 bridgehead atoms. The van der Waals surface area contributed by atoms with E-state index in [-0.39, 0.29) is 22.0 Å². The number of benzene rings is 2. The molecule has 0 aliphatic rings. The van der Waals surface area contributed by atoms with Gasteiger partial charge in [0.15, 0.2) is 0 Å². The third kappa shape index (κ3) is 3.96. The topological polar surface area (TPSA) is 86.2 Å². The highest BCUT2D eigenvalue weighted by Gasteiger charge is 2.25. The fraction of sp³-hybridized carbons (Fsp3) is 0.364. The van der Waals surface area contributed by atoms with Crippen molar-refractivity contribution in [2.24, 2.45) is 0 Å². The molecule has 2 aromatic rings. The maximum absolute atomic E-state index is 12.8. The highest BCUT2D eigenvalue weighted by atomic mass is 16.2. The summed E-state index contributed by atoms with van der Waals surface area (Å²) in [5.41, 5.74) is 14.8. The average Bonchev–Trinajstić information content (AvgIpc) is 2.52. The Morgan fingerprint density at radius 1 is 0.654 bits per heavy atom. The number of carbonyl (C=O) groups excluding carboxylic acids is 2. The number of carbonyl (C=O) groups is 2. The van der Waals surface area contributed by atoms with E-state index in [1.165, 1.54) is 0 Å². The fourth-order valence-corrected chi connectivity index (χ4v) is 2.70. The van der Waals surface area contributed by atoms with Crippen molar-refractivity contribution in [3.05, 3.63) is 58.7 Å². The number of hydrogen-bond acceptors (Lipinski definition) is 4. The number of nitrogen functional groups attached to an aromatic ring is 2. The summed E-state index contributed by atoms with van der Waals surface area (Å²) in [5.74, 6) is -1.27. The van der Waals surface area contributed by atoms with Gasteiger partial charge in [-0.3, -0.25) is 9.59 Å². The molecule has 0 aliphatic heterocycles. The second-order valence-electron chi connectivity index (χ2n) is 8.76. The van der Waals surface area contributed by atoms with E-state index in [1.54, 1.807) is 24.3 Å². The lowest BCUT2D eigenvalue weighted by Crippen LogP contribution is -2.20. The Kier molecular flexibility index (Phi) is 5.00. The molecular weight excluding hydrogens is 324 g/mol. The Balaban J connectivity index is 2.44. The summed E-state index contributed by atoms with van der Waals surface area (Å²) in [6.45, 7) is 12.3. The minimum atomic E-state index is -0.638. The number of anilines is 2. The van der Waals surface area contributed by atoms with Crippen LogP contribution in [0.15, 0.2) is 36.4 Å². The van der Waals surface area contributed by atoms with Crippen molar-refractivity contribution in [1.29, 1.82) is 0 Å². The van der Waals surface area contributed by atoms with Crippen LogP contribution in [-0.4, -0.2) is 11.6 Å². The van der Waals surface area contributed by atoms with Crippen molar-refractivity contribution in [2.75, 3.05) is 11.5 Å². The molecule has 4 nitrogen and oxygen atoms in total. The molecule has 0 spiro atoms. The Morgan fingerprint density at radius 2 is 1.12 bits per heavy atom. The third-order valence-corrected chi connectivity index (χ3v) is 4.53. The Labute approximate surface area is 155 Å².